The number of hydrogen-bond donors (Lipinski definition) is 2. The van der Waals surface area contributed by atoms with Crippen LogP contribution in [0.25, 0.3) is 16.8 Å². The molecule has 0 spiro atoms. The Morgan fingerprint density at radius 2 is 1.97 bits per heavy atom. The van der Waals surface area contributed by atoms with Crippen LogP contribution in [0.4, 0.5) is 0 Å². The maximum Gasteiger partial charge on any atom is 0.253 e. The molecule has 7 nitrogen and oxygen atoms in total. The molecule has 3 N–H and O–H groups in total. The Morgan fingerprint density at radius 1 is 1.22 bits per heavy atom. The Kier molecular flexibility index (Phi) is 7.19. The van der Waals surface area contributed by atoms with E-state index in [-0.39, 0.29) is 19.0 Å². The Hall–Kier alpha value is -2.74. The van der Waals surface area contributed by atoms with E-state index in [1.54, 1.807) is 6.07 Å². The average molecular weight is 436 g/mol. The summed E-state index contributed by atoms with van der Waals surface area (Å²) in [5.74, 6) is 0.679. The van der Waals surface area contributed by atoms with Gasteiger partial charge in [-0.2, -0.15) is 0 Å². The molecule has 0 radical (unpaired) electrons. The number of carbonyl (C=O) groups is 1. The first kappa shape index (κ1) is 22.5. The molecule has 1 aromatic heterocycles. The Bertz CT molecular complexity index is 1070. The van der Waals surface area contributed by atoms with E-state index in [1.165, 1.54) is 0 Å². The molecule has 1 atom stereocenters. The van der Waals surface area contributed by atoms with E-state index in [4.69, 9.17) is 15.5 Å². The fourth-order valence-corrected chi connectivity index (χ4v) is 4.52. The van der Waals surface area contributed by atoms with Crippen LogP contribution < -0.4 is 5.32 Å². The lowest BCUT2D eigenvalue weighted by molar-refractivity contribution is 0.0701. The minimum Gasteiger partial charge on any atom is -0.674 e. The van der Waals surface area contributed by atoms with Gasteiger partial charge >= 0.3 is 0 Å². The molecule has 1 amide bonds. The second-order valence-corrected chi connectivity index (χ2v) is 8.39. The largest absolute Gasteiger partial charge is 0.674 e. The lowest BCUT2D eigenvalue weighted by Gasteiger charge is -2.25. The summed E-state index contributed by atoms with van der Waals surface area (Å²) in [6.07, 6.45) is 2.43. The van der Waals surface area contributed by atoms with Crippen LogP contribution in [0.1, 0.15) is 52.6 Å². The second kappa shape index (κ2) is 10.3. The van der Waals surface area contributed by atoms with Gasteiger partial charge in [0, 0.05) is 25.8 Å². The predicted octanol–water partition coefficient (Wildman–Crippen LogP) is 3.97. The number of aromatic nitrogens is 2. The molecule has 0 bridgehead atoms. The van der Waals surface area contributed by atoms with Crippen molar-refractivity contribution in [2.75, 3.05) is 19.8 Å². The smallest absolute Gasteiger partial charge is 0.253 e. The molecule has 32 heavy (non-hydrogen) atoms. The first-order valence-electron chi connectivity index (χ1n) is 11.3. The third kappa shape index (κ3) is 4.85. The van der Waals surface area contributed by atoms with Crippen LogP contribution in [0.2, 0.25) is 0 Å². The predicted molar refractivity (Wildman–Crippen MR) is 125 cm³/mol. The van der Waals surface area contributed by atoms with Crippen LogP contribution in [0, 0.1) is 6.92 Å². The van der Waals surface area contributed by atoms with Gasteiger partial charge in [-0.3, -0.25) is 4.79 Å². The number of hydrogen-bond acceptors (Lipinski definition) is 4. The number of benzene rings is 2. The van der Waals surface area contributed by atoms with Crippen LogP contribution in [0.5, 0.6) is 0 Å². The van der Waals surface area contributed by atoms with Gasteiger partial charge in [0.2, 0.25) is 0 Å². The van der Waals surface area contributed by atoms with Gasteiger partial charge in [-0.15, -0.1) is 6.54 Å². The van der Waals surface area contributed by atoms with Crippen molar-refractivity contribution in [3.63, 3.8) is 0 Å². The summed E-state index contributed by atoms with van der Waals surface area (Å²) >= 11 is 0. The van der Waals surface area contributed by atoms with E-state index in [9.17, 15) is 9.90 Å². The van der Waals surface area contributed by atoms with Crippen molar-refractivity contribution in [3.05, 3.63) is 70.7 Å². The highest BCUT2D eigenvalue weighted by Gasteiger charge is 2.22. The van der Waals surface area contributed by atoms with Crippen molar-refractivity contribution in [3.8, 4) is 0 Å². The zero-order chi connectivity index (χ0) is 22.5. The summed E-state index contributed by atoms with van der Waals surface area (Å²) in [5, 5.41) is 13.3. The summed E-state index contributed by atoms with van der Waals surface area (Å²) in [4.78, 5) is 17.6. The van der Waals surface area contributed by atoms with Crippen molar-refractivity contribution in [2.45, 2.75) is 51.3 Å². The van der Waals surface area contributed by atoms with Gasteiger partial charge in [-0.05, 0) is 50.3 Å². The molecule has 7 heteroatoms. The first-order chi connectivity index (χ1) is 15.6. The molecule has 3 aromatic rings. The molecule has 1 aliphatic rings. The molecule has 2 aromatic carbocycles. The molecular formula is C25H31N4O3-. The second-order valence-electron chi connectivity index (χ2n) is 8.39. The number of para-hydroxylation sites is 1. The quantitative estimate of drug-likeness (QED) is 0.559. The van der Waals surface area contributed by atoms with Gasteiger partial charge in [0.05, 0.1) is 17.2 Å². The van der Waals surface area contributed by atoms with Gasteiger partial charge in [-0.1, -0.05) is 35.9 Å². The third-order valence-corrected chi connectivity index (χ3v) is 6.25. The van der Waals surface area contributed by atoms with Crippen molar-refractivity contribution >= 4 is 16.9 Å². The van der Waals surface area contributed by atoms with Crippen LogP contribution in [-0.4, -0.2) is 46.4 Å². The fraction of sp³-hybridized carbons (Fsp3) is 0.440. The molecule has 1 aliphatic heterocycles. The number of nitrogens with one attached hydrogen (secondary N) is 2. The highest BCUT2D eigenvalue weighted by atomic mass is 16.5. The molecule has 0 aliphatic carbocycles. The van der Waals surface area contributed by atoms with Crippen molar-refractivity contribution < 1.29 is 14.6 Å². The molecule has 1 saturated heterocycles. The maximum absolute atomic E-state index is 12.9. The van der Waals surface area contributed by atoms with Crippen LogP contribution in [0.3, 0.4) is 0 Å². The van der Waals surface area contributed by atoms with Crippen LogP contribution in [0.15, 0.2) is 42.5 Å². The number of nitrogens with zero attached hydrogens (tertiary/aromatic N) is 2. The summed E-state index contributed by atoms with van der Waals surface area (Å²) < 4.78 is 7.73. The van der Waals surface area contributed by atoms with E-state index in [1.807, 2.05) is 43.3 Å². The van der Waals surface area contributed by atoms with Gasteiger partial charge in [0.1, 0.15) is 11.3 Å². The number of amides is 1. The monoisotopic (exact) mass is 435 g/mol. The van der Waals surface area contributed by atoms with Crippen molar-refractivity contribution in [1.82, 2.24) is 14.9 Å². The zero-order valence-electron chi connectivity index (χ0n) is 18.5. The van der Waals surface area contributed by atoms with E-state index in [0.717, 1.165) is 48.5 Å². The number of ether oxygens (including phenoxy) is 1. The minimum atomic E-state index is -0.654. The average Bonchev–Trinajstić information content (AvgIpc) is 3.17. The van der Waals surface area contributed by atoms with Gasteiger partial charge in [0.15, 0.2) is 0 Å². The Balaban J connectivity index is 1.41. The van der Waals surface area contributed by atoms with Gasteiger partial charge < -0.3 is 25.5 Å². The van der Waals surface area contributed by atoms with Gasteiger partial charge in [0.25, 0.3) is 5.91 Å². The van der Waals surface area contributed by atoms with E-state index >= 15 is 0 Å². The lowest BCUT2D eigenvalue weighted by atomic mass is 10.0. The number of imidazole rings is 1. The summed E-state index contributed by atoms with van der Waals surface area (Å²) in [6, 6.07) is 13.8. The van der Waals surface area contributed by atoms with E-state index in [0.29, 0.717) is 30.0 Å². The van der Waals surface area contributed by atoms with Crippen LogP contribution in [-0.2, 0) is 17.7 Å². The number of aliphatic hydroxyl groups is 1. The fourth-order valence-electron chi connectivity index (χ4n) is 4.52. The van der Waals surface area contributed by atoms with Crippen LogP contribution >= 0.6 is 0 Å². The molecule has 170 valence electrons. The number of fused-ring (bicyclic) bond motifs is 1. The van der Waals surface area contributed by atoms with E-state index in [2.05, 4.69) is 9.88 Å². The highest BCUT2D eigenvalue weighted by molar-refractivity contribution is 6.05. The number of carbonyl (C=O) groups excluding carboxylic acids is 1. The molecule has 0 unspecified atom stereocenters. The maximum atomic E-state index is 12.9. The van der Waals surface area contributed by atoms with Gasteiger partial charge in [-0.25, -0.2) is 4.98 Å². The number of aliphatic hydroxyl groups excluding tert-OH is 1. The van der Waals surface area contributed by atoms with Crippen molar-refractivity contribution in [1.29, 1.82) is 0 Å². The Labute approximate surface area is 188 Å². The molecule has 0 saturated carbocycles. The third-order valence-electron chi connectivity index (χ3n) is 6.25. The Morgan fingerprint density at radius 3 is 2.72 bits per heavy atom. The number of rotatable bonds is 8. The zero-order valence-corrected chi connectivity index (χ0v) is 18.5. The standard InChI is InChI=1S/C25H31N4O3/c1-17-28-24-22(7-4-8-23(24)29(17)20-11-13-32-14-12-20)25(31)27-16-21(30)10-9-18-5-2-3-6-19(18)15-26/h2-8,20-21,26,30H,9-16H2,1H3,(H,27,31)/q-1/t21-/m0/s1. The lowest BCUT2D eigenvalue weighted by Crippen LogP contribution is -2.32. The summed E-state index contributed by atoms with van der Waals surface area (Å²) in [5.41, 5.74) is 11.9. The highest BCUT2D eigenvalue weighted by Crippen LogP contribution is 2.29. The molecular weight excluding hydrogens is 404 g/mol. The minimum absolute atomic E-state index is 0.178. The molecule has 2 heterocycles. The topological polar surface area (TPSA) is 100 Å². The van der Waals surface area contributed by atoms with Crippen molar-refractivity contribution in [2.24, 2.45) is 0 Å². The molecule has 4 rings (SSSR count). The summed E-state index contributed by atoms with van der Waals surface area (Å²) in [6.45, 7) is 3.88. The number of aryl methyl sites for hydroxylation is 2. The molecule has 1 fully saturated rings. The SMILES string of the molecule is Cc1nc2c(C(=O)NC[C@@H](O)CCc3ccccc3C[NH-])cccc2n1C1CCOCC1. The summed E-state index contributed by atoms with van der Waals surface area (Å²) in [7, 11) is 0. The van der Waals surface area contributed by atoms with E-state index < -0.39 is 6.10 Å². The first-order valence-corrected chi connectivity index (χ1v) is 11.3. The normalized spacial score (nSPS) is 15.7.